The van der Waals surface area contributed by atoms with Crippen LogP contribution in [0.5, 0.6) is 5.75 Å². The van der Waals surface area contributed by atoms with E-state index in [1.165, 1.54) is 19.1 Å². The van der Waals surface area contributed by atoms with E-state index in [9.17, 15) is 23.1 Å². The summed E-state index contributed by atoms with van der Waals surface area (Å²) in [5.74, 6) is -0.307. The summed E-state index contributed by atoms with van der Waals surface area (Å²) in [5.41, 5.74) is -0.498. The number of carbonyl (C=O) groups excluding carboxylic acids is 1. The van der Waals surface area contributed by atoms with Crippen LogP contribution in [-0.2, 0) is 15.9 Å². The van der Waals surface area contributed by atoms with Gasteiger partial charge in [0.1, 0.15) is 5.75 Å². The van der Waals surface area contributed by atoms with Crippen LogP contribution in [0.2, 0.25) is 0 Å². The van der Waals surface area contributed by atoms with Crippen LogP contribution < -0.4 is 10.1 Å². The van der Waals surface area contributed by atoms with Crippen molar-refractivity contribution in [2.24, 2.45) is 0 Å². The summed E-state index contributed by atoms with van der Waals surface area (Å²) < 4.78 is 41.9. The molecular formula is C22H21F3N2O3. The molecule has 0 spiro atoms. The quantitative estimate of drug-likeness (QED) is 0.715. The van der Waals surface area contributed by atoms with Crippen LogP contribution in [0.25, 0.3) is 0 Å². The molecule has 2 N–H and O–H groups in total. The van der Waals surface area contributed by atoms with Crippen LogP contribution >= 0.6 is 0 Å². The molecule has 0 aliphatic heterocycles. The van der Waals surface area contributed by atoms with E-state index in [-0.39, 0.29) is 18.1 Å². The average Bonchev–Trinajstić information content (AvgIpc) is 3.46. The molecule has 5 nitrogen and oxygen atoms in total. The minimum Gasteiger partial charge on any atom is -0.484 e. The maximum Gasteiger partial charge on any atom is 0.422 e. The second-order valence-electron chi connectivity index (χ2n) is 7.70. The summed E-state index contributed by atoms with van der Waals surface area (Å²) in [4.78, 5) is 12.6. The third kappa shape index (κ3) is 5.30. The highest BCUT2D eigenvalue weighted by Gasteiger charge is 2.46. The van der Waals surface area contributed by atoms with Crippen molar-refractivity contribution in [3.8, 4) is 11.8 Å². The molecule has 1 aliphatic carbocycles. The maximum atomic E-state index is 12.6. The number of halogens is 3. The summed E-state index contributed by atoms with van der Waals surface area (Å²) in [6.07, 6.45) is -3.36. The highest BCUT2D eigenvalue weighted by Crippen LogP contribution is 2.46. The Labute approximate surface area is 172 Å². The number of hydrogen-bond acceptors (Lipinski definition) is 4. The molecule has 8 heteroatoms. The van der Waals surface area contributed by atoms with Crippen molar-refractivity contribution in [1.29, 1.82) is 5.26 Å². The van der Waals surface area contributed by atoms with Gasteiger partial charge in [-0.1, -0.05) is 24.3 Å². The van der Waals surface area contributed by atoms with E-state index in [1.807, 2.05) is 6.07 Å². The van der Waals surface area contributed by atoms with E-state index in [1.54, 1.807) is 36.4 Å². The van der Waals surface area contributed by atoms with Crippen molar-refractivity contribution in [3.63, 3.8) is 0 Å². The van der Waals surface area contributed by atoms with E-state index in [4.69, 9.17) is 10.00 Å². The lowest BCUT2D eigenvalue weighted by atomic mass is 9.91. The number of alkyl halides is 3. The van der Waals surface area contributed by atoms with E-state index >= 15 is 0 Å². The van der Waals surface area contributed by atoms with Crippen LogP contribution in [0.15, 0.2) is 48.5 Å². The van der Waals surface area contributed by atoms with Gasteiger partial charge in [0.05, 0.1) is 29.2 Å². The number of ether oxygens (including phenoxy) is 1. The standard InChI is InChI=1S/C22H21F3N2O3/c1-20(29,16-7-5-15(13-26)6-8-16)12-19(28)27-21(9-10-21)17-3-2-4-18(11-17)30-14-22(23,24)25/h2-8,11,29H,9-10,12,14H2,1H3,(H,27,28)/t20-/m1/s1. The van der Waals surface area contributed by atoms with E-state index in [0.717, 1.165) is 0 Å². The van der Waals surface area contributed by atoms with Crippen LogP contribution in [0, 0.1) is 11.3 Å². The molecule has 1 aliphatic rings. The van der Waals surface area contributed by atoms with Gasteiger partial charge in [0, 0.05) is 0 Å². The summed E-state index contributed by atoms with van der Waals surface area (Å²) in [5, 5.41) is 22.5. The first-order chi connectivity index (χ1) is 14.0. The number of nitriles is 1. The van der Waals surface area contributed by atoms with E-state index in [2.05, 4.69) is 5.32 Å². The van der Waals surface area contributed by atoms with E-state index < -0.39 is 23.9 Å². The molecule has 2 aromatic rings. The Balaban J connectivity index is 1.67. The van der Waals surface area contributed by atoms with Crippen molar-refractivity contribution in [2.45, 2.75) is 43.5 Å². The fraction of sp³-hybridized carbons (Fsp3) is 0.364. The zero-order chi connectivity index (χ0) is 22.0. The molecule has 0 unspecified atom stereocenters. The fourth-order valence-electron chi connectivity index (χ4n) is 3.29. The Bertz CT molecular complexity index is 959. The molecule has 0 radical (unpaired) electrons. The topological polar surface area (TPSA) is 82.3 Å². The summed E-state index contributed by atoms with van der Waals surface area (Å²) >= 11 is 0. The Morgan fingerprint density at radius 3 is 2.47 bits per heavy atom. The number of amides is 1. The van der Waals surface area contributed by atoms with E-state index in [0.29, 0.717) is 29.5 Å². The first kappa shape index (κ1) is 21.7. The van der Waals surface area contributed by atoms with Crippen molar-refractivity contribution in [3.05, 3.63) is 65.2 Å². The molecule has 0 saturated heterocycles. The molecule has 158 valence electrons. The molecule has 1 saturated carbocycles. The van der Waals surface area contributed by atoms with Crippen molar-refractivity contribution >= 4 is 5.91 Å². The second kappa shape index (κ2) is 8.00. The Morgan fingerprint density at radius 2 is 1.90 bits per heavy atom. The van der Waals surface area contributed by atoms with Crippen LogP contribution in [0.3, 0.4) is 0 Å². The van der Waals surface area contributed by atoms with Crippen LogP contribution in [0.4, 0.5) is 13.2 Å². The third-order valence-electron chi connectivity index (χ3n) is 5.06. The first-order valence-electron chi connectivity index (χ1n) is 9.37. The van der Waals surface area contributed by atoms with Gasteiger partial charge < -0.3 is 15.2 Å². The number of rotatable bonds is 7. The normalized spacial score (nSPS) is 16.8. The molecule has 0 bridgehead atoms. The molecule has 3 rings (SSSR count). The number of aliphatic hydroxyl groups is 1. The largest absolute Gasteiger partial charge is 0.484 e. The molecular weight excluding hydrogens is 397 g/mol. The summed E-state index contributed by atoms with van der Waals surface area (Å²) in [6, 6.07) is 14.6. The van der Waals surface area contributed by atoms with Crippen molar-refractivity contribution < 1.29 is 27.8 Å². The van der Waals surface area contributed by atoms with Crippen molar-refractivity contribution in [1.82, 2.24) is 5.32 Å². The minimum absolute atomic E-state index is 0.0786. The SMILES string of the molecule is C[C@@](O)(CC(=O)NC1(c2cccc(OCC(F)(F)F)c2)CC1)c1ccc(C#N)cc1. The van der Waals surface area contributed by atoms with Gasteiger partial charge in [0.15, 0.2) is 6.61 Å². The second-order valence-corrected chi connectivity index (χ2v) is 7.70. The van der Waals surface area contributed by atoms with Gasteiger partial charge in [0.2, 0.25) is 5.91 Å². The Morgan fingerprint density at radius 1 is 1.23 bits per heavy atom. The lowest BCUT2D eigenvalue weighted by Gasteiger charge is -2.26. The highest BCUT2D eigenvalue weighted by molar-refractivity contribution is 5.79. The molecule has 30 heavy (non-hydrogen) atoms. The predicted molar refractivity (Wildman–Crippen MR) is 102 cm³/mol. The lowest BCUT2D eigenvalue weighted by molar-refractivity contribution is -0.153. The van der Waals surface area contributed by atoms with Crippen molar-refractivity contribution in [2.75, 3.05) is 6.61 Å². The monoisotopic (exact) mass is 418 g/mol. The first-order valence-corrected chi connectivity index (χ1v) is 9.37. The Kier molecular flexibility index (Phi) is 5.77. The highest BCUT2D eigenvalue weighted by atomic mass is 19.4. The molecule has 1 atom stereocenters. The molecule has 2 aromatic carbocycles. The van der Waals surface area contributed by atoms with Gasteiger partial charge in [-0.25, -0.2) is 0 Å². The molecule has 0 aromatic heterocycles. The molecule has 1 fully saturated rings. The summed E-state index contributed by atoms with van der Waals surface area (Å²) in [7, 11) is 0. The van der Waals surface area contributed by atoms with Gasteiger partial charge in [-0.15, -0.1) is 0 Å². The van der Waals surface area contributed by atoms with Gasteiger partial charge in [0.25, 0.3) is 0 Å². The van der Waals surface area contributed by atoms with Gasteiger partial charge in [-0.2, -0.15) is 18.4 Å². The number of hydrogen-bond donors (Lipinski definition) is 2. The number of nitrogens with one attached hydrogen (secondary N) is 1. The molecule has 1 amide bonds. The lowest BCUT2D eigenvalue weighted by Crippen LogP contribution is -2.39. The number of carbonyl (C=O) groups is 1. The average molecular weight is 418 g/mol. The predicted octanol–water partition coefficient (Wildman–Crippen LogP) is 3.90. The minimum atomic E-state index is -4.43. The fourth-order valence-corrected chi connectivity index (χ4v) is 3.29. The number of benzene rings is 2. The third-order valence-corrected chi connectivity index (χ3v) is 5.06. The van der Waals surface area contributed by atoms with Crippen LogP contribution in [-0.4, -0.2) is 23.8 Å². The van der Waals surface area contributed by atoms with Crippen LogP contribution in [0.1, 0.15) is 42.9 Å². The van der Waals surface area contributed by atoms with Gasteiger partial charge in [-0.05, 0) is 55.2 Å². The maximum absolute atomic E-state index is 12.6. The zero-order valence-corrected chi connectivity index (χ0v) is 16.3. The Hall–Kier alpha value is -3.05. The smallest absolute Gasteiger partial charge is 0.422 e. The van der Waals surface area contributed by atoms with Gasteiger partial charge >= 0.3 is 6.18 Å². The molecule has 0 heterocycles. The van der Waals surface area contributed by atoms with Gasteiger partial charge in [-0.3, -0.25) is 4.79 Å². The zero-order valence-electron chi connectivity index (χ0n) is 16.3. The number of nitrogens with zero attached hydrogens (tertiary/aromatic N) is 1. The summed E-state index contributed by atoms with van der Waals surface area (Å²) in [6.45, 7) is 0.127.